The van der Waals surface area contributed by atoms with E-state index in [0.29, 0.717) is 32.2 Å². The smallest absolute Gasteiger partial charge is 0.227 e. The summed E-state index contributed by atoms with van der Waals surface area (Å²) in [7, 11) is 0. The fraction of sp³-hybridized carbons (Fsp3) is 0.765. The molecule has 1 unspecified atom stereocenters. The first-order valence-corrected chi connectivity index (χ1v) is 9.00. The van der Waals surface area contributed by atoms with E-state index in [4.69, 9.17) is 4.74 Å². The van der Waals surface area contributed by atoms with Crippen LogP contribution >= 0.6 is 0 Å². The minimum atomic E-state index is -0.607. The first-order valence-electron chi connectivity index (χ1n) is 9.00. The zero-order valence-corrected chi connectivity index (χ0v) is 14.1. The maximum Gasteiger partial charge on any atom is 0.227 e. The minimum Gasteiger partial charge on any atom is -0.388 e. The number of carbonyl (C=O) groups is 1. The summed E-state index contributed by atoms with van der Waals surface area (Å²) in [6, 6.07) is 0.319. The maximum absolute atomic E-state index is 11.9. The SMILES string of the molecule is O=C1CCCN1c1cnn(C2CCN(CC3(O)CCOCC3)C2)c1. The van der Waals surface area contributed by atoms with E-state index >= 15 is 0 Å². The van der Waals surface area contributed by atoms with E-state index in [1.807, 2.05) is 15.8 Å². The Kier molecular flexibility index (Phi) is 4.32. The van der Waals surface area contributed by atoms with Crippen LogP contribution in [0.5, 0.6) is 0 Å². The molecular formula is C17H26N4O3. The Morgan fingerprint density at radius 1 is 1.33 bits per heavy atom. The summed E-state index contributed by atoms with van der Waals surface area (Å²) < 4.78 is 7.35. The molecule has 1 aromatic rings. The lowest BCUT2D eigenvalue weighted by molar-refractivity contribution is -0.117. The van der Waals surface area contributed by atoms with Crippen LogP contribution in [0.1, 0.15) is 38.1 Å². The second-order valence-corrected chi connectivity index (χ2v) is 7.34. The van der Waals surface area contributed by atoms with E-state index in [0.717, 1.165) is 51.0 Å². The number of ether oxygens (including phenoxy) is 1. The maximum atomic E-state index is 11.9. The number of rotatable bonds is 4. The van der Waals surface area contributed by atoms with Gasteiger partial charge in [0.25, 0.3) is 0 Å². The van der Waals surface area contributed by atoms with Crippen LogP contribution in [-0.2, 0) is 9.53 Å². The van der Waals surface area contributed by atoms with Crippen LogP contribution in [0.25, 0.3) is 0 Å². The Bertz CT molecular complexity index is 596. The molecule has 24 heavy (non-hydrogen) atoms. The number of aromatic nitrogens is 2. The van der Waals surface area contributed by atoms with Crippen molar-refractivity contribution in [2.45, 2.75) is 43.7 Å². The van der Waals surface area contributed by atoms with Crippen LogP contribution in [0.3, 0.4) is 0 Å². The van der Waals surface area contributed by atoms with Crippen molar-refractivity contribution in [3.05, 3.63) is 12.4 Å². The lowest BCUT2D eigenvalue weighted by Gasteiger charge is -2.35. The van der Waals surface area contributed by atoms with Gasteiger partial charge in [-0.3, -0.25) is 14.4 Å². The molecule has 1 aromatic heterocycles. The van der Waals surface area contributed by atoms with E-state index in [-0.39, 0.29) is 5.91 Å². The molecule has 7 heteroatoms. The summed E-state index contributed by atoms with van der Waals surface area (Å²) in [6.45, 7) is 4.70. The number of hydrogen-bond acceptors (Lipinski definition) is 5. The van der Waals surface area contributed by atoms with Gasteiger partial charge in [-0.25, -0.2) is 0 Å². The molecular weight excluding hydrogens is 308 g/mol. The molecule has 132 valence electrons. The van der Waals surface area contributed by atoms with Gasteiger partial charge in [-0.15, -0.1) is 0 Å². The molecule has 7 nitrogen and oxygen atoms in total. The molecule has 1 atom stereocenters. The first-order chi connectivity index (χ1) is 11.6. The first kappa shape index (κ1) is 16.1. The van der Waals surface area contributed by atoms with Gasteiger partial charge in [-0.2, -0.15) is 5.10 Å². The number of likely N-dealkylation sites (tertiary alicyclic amines) is 1. The average Bonchev–Trinajstić information content (AvgIpc) is 3.27. The molecule has 3 aliphatic heterocycles. The molecule has 1 amide bonds. The Morgan fingerprint density at radius 2 is 2.17 bits per heavy atom. The Hall–Kier alpha value is -1.44. The predicted octanol–water partition coefficient (Wildman–Crippen LogP) is 0.798. The van der Waals surface area contributed by atoms with E-state index in [9.17, 15) is 9.90 Å². The van der Waals surface area contributed by atoms with Gasteiger partial charge < -0.3 is 14.7 Å². The summed E-state index contributed by atoms with van der Waals surface area (Å²) in [4.78, 5) is 16.0. The number of anilines is 1. The molecule has 0 aromatic carbocycles. The third-order valence-electron chi connectivity index (χ3n) is 5.54. The molecule has 4 heterocycles. The van der Waals surface area contributed by atoms with Gasteiger partial charge in [0.05, 0.1) is 23.5 Å². The normalized spacial score (nSPS) is 28.0. The lowest BCUT2D eigenvalue weighted by Crippen LogP contribution is -2.46. The standard InChI is InChI=1S/C17H26N4O3/c22-16-2-1-6-20(16)15-10-18-21(12-15)14-3-7-19(11-14)13-17(23)4-8-24-9-5-17/h10,12,14,23H,1-9,11,13H2. The number of amides is 1. The molecule has 1 N–H and O–H groups in total. The number of β-amino-alcohol motifs (C(OH)–C–C–N with tert-alkyl or cyclic N) is 1. The van der Waals surface area contributed by atoms with Crippen LogP contribution in [0.2, 0.25) is 0 Å². The van der Waals surface area contributed by atoms with E-state index in [2.05, 4.69) is 10.00 Å². The van der Waals surface area contributed by atoms with E-state index in [1.54, 1.807) is 6.20 Å². The van der Waals surface area contributed by atoms with Gasteiger partial charge in [0, 0.05) is 64.9 Å². The van der Waals surface area contributed by atoms with Crippen molar-refractivity contribution < 1.29 is 14.6 Å². The zero-order valence-electron chi connectivity index (χ0n) is 14.1. The highest BCUT2D eigenvalue weighted by atomic mass is 16.5. The van der Waals surface area contributed by atoms with Gasteiger partial charge in [0.2, 0.25) is 5.91 Å². The van der Waals surface area contributed by atoms with Crippen molar-refractivity contribution in [3.8, 4) is 0 Å². The van der Waals surface area contributed by atoms with Gasteiger partial charge in [0.15, 0.2) is 0 Å². The highest BCUT2D eigenvalue weighted by molar-refractivity contribution is 5.95. The van der Waals surface area contributed by atoms with Crippen molar-refractivity contribution in [1.82, 2.24) is 14.7 Å². The molecule has 3 saturated heterocycles. The molecule has 3 fully saturated rings. The van der Waals surface area contributed by atoms with E-state index in [1.165, 1.54) is 0 Å². The highest BCUT2D eigenvalue weighted by Gasteiger charge is 2.35. The summed E-state index contributed by atoms with van der Waals surface area (Å²) >= 11 is 0. The fourth-order valence-corrected chi connectivity index (χ4v) is 4.09. The summed E-state index contributed by atoms with van der Waals surface area (Å²) in [5.41, 5.74) is 0.309. The van der Waals surface area contributed by atoms with Crippen LogP contribution in [-0.4, -0.2) is 70.7 Å². The molecule has 3 aliphatic rings. The van der Waals surface area contributed by atoms with Crippen molar-refractivity contribution in [2.75, 3.05) is 44.3 Å². The fourth-order valence-electron chi connectivity index (χ4n) is 4.09. The van der Waals surface area contributed by atoms with Gasteiger partial charge in [-0.1, -0.05) is 0 Å². The Balaban J connectivity index is 1.36. The molecule has 0 saturated carbocycles. The predicted molar refractivity (Wildman–Crippen MR) is 88.9 cm³/mol. The number of hydrogen-bond donors (Lipinski definition) is 1. The lowest BCUT2D eigenvalue weighted by atomic mass is 9.94. The number of nitrogens with zero attached hydrogens (tertiary/aromatic N) is 4. The van der Waals surface area contributed by atoms with Gasteiger partial charge >= 0.3 is 0 Å². The van der Waals surface area contributed by atoms with Crippen LogP contribution in [0.4, 0.5) is 5.69 Å². The summed E-state index contributed by atoms with van der Waals surface area (Å²) in [5.74, 6) is 0.198. The van der Waals surface area contributed by atoms with Crippen molar-refractivity contribution in [2.24, 2.45) is 0 Å². The van der Waals surface area contributed by atoms with Crippen molar-refractivity contribution >= 4 is 11.6 Å². The molecule has 0 spiro atoms. The monoisotopic (exact) mass is 334 g/mol. The van der Waals surface area contributed by atoms with Crippen LogP contribution in [0, 0.1) is 0 Å². The summed E-state index contributed by atoms with van der Waals surface area (Å²) in [6.07, 6.45) is 7.85. The number of aliphatic hydroxyl groups is 1. The molecule has 0 aliphatic carbocycles. The second kappa shape index (κ2) is 6.46. The molecule has 0 radical (unpaired) electrons. The van der Waals surface area contributed by atoms with E-state index < -0.39 is 5.60 Å². The zero-order chi connectivity index (χ0) is 16.6. The van der Waals surface area contributed by atoms with Gasteiger partial charge in [-0.05, 0) is 12.8 Å². The Morgan fingerprint density at radius 3 is 2.92 bits per heavy atom. The average molecular weight is 334 g/mol. The quantitative estimate of drug-likeness (QED) is 0.882. The van der Waals surface area contributed by atoms with Crippen LogP contribution in [0.15, 0.2) is 12.4 Å². The molecule has 0 bridgehead atoms. The summed E-state index contributed by atoms with van der Waals surface area (Å²) in [5, 5.41) is 15.2. The van der Waals surface area contributed by atoms with Gasteiger partial charge in [0.1, 0.15) is 0 Å². The Labute approximate surface area is 142 Å². The third kappa shape index (κ3) is 3.20. The molecule has 4 rings (SSSR count). The third-order valence-corrected chi connectivity index (χ3v) is 5.54. The number of carbonyl (C=O) groups excluding carboxylic acids is 1. The van der Waals surface area contributed by atoms with Crippen molar-refractivity contribution in [3.63, 3.8) is 0 Å². The topological polar surface area (TPSA) is 70.8 Å². The largest absolute Gasteiger partial charge is 0.388 e. The second-order valence-electron chi connectivity index (χ2n) is 7.34. The minimum absolute atomic E-state index is 0.198. The van der Waals surface area contributed by atoms with Crippen LogP contribution < -0.4 is 4.90 Å². The van der Waals surface area contributed by atoms with Crippen molar-refractivity contribution in [1.29, 1.82) is 0 Å². The highest BCUT2D eigenvalue weighted by Crippen LogP contribution is 2.28.